The van der Waals surface area contributed by atoms with Crippen LogP contribution in [0, 0.1) is 0 Å². The van der Waals surface area contributed by atoms with Gasteiger partial charge in [-0.3, -0.25) is 0 Å². The molecule has 0 bridgehead atoms. The molecule has 0 saturated carbocycles. The Bertz CT molecular complexity index is 438. The minimum atomic E-state index is -3.03. The maximum atomic E-state index is 12.0. The molecule has 3 atom stereocenters. The van der Waals surface area contributed by atoms with Crippen LogP contribution < -0.4 is 5.32 Å². The van der Waals surface area contributed by atoms with E-state index in [0.717, 1.165) is 0 Å². The van der Waals surface area contributed by atoms with Crippen molar-refractivity contribution in [2.45, 2.75) is 37.6 Å². The summed E-state index contributed by atoms with van der Waals surface area (Å²) >= 11 is 0. The second-order valence-corrected chi connectivity index (χ2v) is 6.90. The summed E-state index contributed by atoms with van der Waals surface area (Å²) in [5.74, 6) is 0.948. The molecule has 1 fully saturated rings. The average Bonchev–Trinajstić information content (AvgIpc) is 2.72. The molecule has 16 heavy (non-hydrogen) atoms. The molecule has 0 spiro atoms. The molecule has 0 radical (unpaired) electrons. The van der Waals surface area contributed by atoms with Crippen molar-refractivity contribution in [3.05, 3.63) is 24.2 Å². The van der Waals surface area contributed by atoms with Crippen LogP contribution in [0.4, 0.5) is 0 Å². The van der Waals surface area contributed by atoms with Crippen molar-refractivity contribution < 1.29 is 12.8 Å². The van der Waals surface area contributed by atoms with E-state index < -0.39 is 15.1 Å². The molecule has 1 aliphatic heterocycles. The van der Waals surface area contributed by atoms with Crippen LogP contribution in [0.3, 0.4) is 0 Å². The van der Waals surface area contributed by atoms with Gasteiger partial charge in [0.15, 0.2) is 9.84 Å². The second-order valence-electron chi connectivity index (χ2n) is 4.42. The maximum absolute atomic E-state index is 12.0. The smallest absolute Gasteiger partial charge is 0.154 e. The van der Waals surface area contributed by atoms with Gasteiger partial charge in [-0.25, -0.2) is 8.42 Å². The third kappa shape index (κ3) is 2.15. The van der Waals surface area contributed by atoms with Crippen molar-refractivity contribution in [3.63, 3.8) is 0 Å². The fraction of sp³-hybridized carbons (Fsp3) is 0.636. The quantitative estimate of drug-likeness (QED) is 0.812. The zero-order valence-electron chi connectivity index (χ0n) is 9.51. The third-order valence-electron chi connectivity index (χ3n) is 3.19. The van der Waals surface area contributed by atoms with Crippen LogP contribution in [0.2, 0.25) is 0 Å². The first-order valence-electron chi connectivity index (χ1n) is 5.52. The number of sulfone groups is 1. The highest BCUT2D eigenvalue weighted by Crippen LogP contribution is 2.27. The molecule has 5 heteroatoms. The highest BCUT2D eigenvalue weighted by atomic mass is 32.2. The topological polar surface area (TPSA) is 59.3 Å². The lowest BCUT2D eigenvalue weighted by molar-refractivity contribution is 0.378. The Kier molecular flexibility index (Phi) is 3.08. The van der Waals surface area contributed by atoms with Crippen LogP contribution in [0.1, 0.15) is 32.1 Å². The van der Waals surface area contributed by atoms with E-state index in [1.165, 1.54) is 0 Å². The van der Waals surface area contributed by atoms with E-state index in [0.29, 0.717) is 12.2 Å². The molecule has 0 aromatic carbocycles. The van der Waals surface area contributed by atoms with Crippen molar-refractivity contribution in [2.75, 3.05) is 5.75 Å². The molecule has 0 aliphatic carbocycles. The average molecular weight is 243 g/mol. The van der Waals surface area contributed by atoms with Crippen molar-refractivity contribution >= 4 is 9.84 Å². The molecule has 3 unspecified atom stereocenters. The van der Waals surface area contributed by atoms with Gasteiger partial charge in [-0.15, -0.1) is 0 Å². The summed E-state index contributed by atoms with van der Waals surface area (Å²) in [6.07, 6.45) is 2.23. The minimum absolute atomic E-state index is 0.190. The van der Waals surface area contributed by atoms with Gasteiger partial charge in [-0.1, -0.05) is 0 Å². The van der Waals surface area contributed by atoms with Gasteiger partial charge in [0.05, 0.1) is 23.3 Å². The molecule has 2 rings (SSSR count). The minimum Gasteiger partial charge on any atom is -0.468 e. The van der Waals surface area contributed by atoms with E-state index in [1.54, 1.807) is 19.3 Å². The summed E-state index contributed by atoms with van der Waals surface area (Å²) in [7, 11) is -3.03. The molecular formula is C11H17NO3S. The highest BCUT2D eigenvalue weighted by molar-refractivity contribution is 7.92. The zero-order valence-corrected chi connectivity index (χ0v) is 10.3. The molecule has 1 aliphatic rings. The molecule has 2 heterocycles. The molecule has 90 valence electrons. The summed E-state index contributed by atoms with van der Waals surface area (Å²) in [5.41, 5.74) is 0. The maximum Gasteiger partial charge on any atom is 0.154 e. The first-order valence-corrected chi connectivity index (χ1v) is 7.23. The molecular weight excluding hydrogens is 226 g/mol. The normalized spacial score (nSPS) is 34.5. The first-order chi connectivity index (χ1) is 7.50. The van der Waals surface area contributed by atoms with Gasteiger partial charge < -0.3 is 9.73 Å². The monoisotopic (exact) mass is 243 g/mol. The molecule has 1 saturated heterocycles. The van der Waals surface area contributed by atoms with Gasteiger partial charge in [0.25, 0.3) is 0 Å². The molecule has 0 amide bonds. The summed E-state index contributed by atoms with van der Waals surface area (Å²) in [6, 6.07) is 3.56. The van der Waals surface area contributed by atoms with E-state index in [4.69, 9.17) is 4.42 Å². The SMILES string of the molecule is CC1CCS(=O)(=O)C(C)C(c2ccco2)N1. The first kappa shape index (κ1) is 11.7. The Balaban J connectivity index is 2.35. The van der Waals surface area contributed by atoms with Crippen LogP contribution in [-0.2, 0) is 9.84 Å². The fourth-order valence-corrected chi connectivity index (χ4v) is 3.72. The van der Waals surface area contributed by atoms with Gasteiger partial charge >= 0.3 is 0 Å². The Morgan fingerprint density at radius 3 is 2.81 bits per heavy atom. The summed E-state index contributed by atoms with van der Waals surface area (Å²) in [6.45, 7) is 3.75. The van der Waals surface area contributed by atoms with Gasteiger partial charge in [0, 0.05) is 6.04 Å². The van der Waals surface area contributed by atoms with Crippen LogP contribution in [0.25, 0.3) is 0 Å². The third-order valence-corrected chi connectivity index (χ3v) is 5.39. The number of nitrogens with one attached hydrogen (secondary N) is 1. The Hall–Kier alpha value is -0.810. The Morgan fingerprint density at radius 2 is 2.19 bits per heavy atom. The molecule has 1 aromatic rings. The van der Waals surface area contributed by atoms with E-state index in [1.807, 2.05) is 13.0 Å². The molecule has 1 aromatic heterocycles. The van der Waals surface area contributed by atoms with E-state index in [-0.39, 0.29) is 17.8 Å². The Labute approximate surface area is 95.9 Å². The van der Waals surface area contributed by atoms with Crippen LogP contribution in [0.15, 0.2) is 22.8 Å². The van der Waals surface area contributed by atoms with Gasteiger partial charge in [-0.2, -0.15) is 0 Å². The van der Waals surface area contributed by atoms with E-state index in [2.05, 4.69) is 5.32 Å². The largest absolute Gasteiger partial charge is 0.468 e. The van der Waals surface area contributed by atoms with Crippen LogP contribution >= 0.6 is 0 Å². The lowest BCUT2D eigenvalue weighted by Gasteiger charge is -2.21. The van der Waals surface area contributed by atoms with Crippen molar-refractivity contribution in [1.82, 2.24) is 5.32 Å². The van der Waals surface area contributed by atoms with Crippen molar-refractivity contribution in [3.8, 4) is 0 Å². The van der Waals surface area contributed by atoms with E-state index in [9.17, 15) is 8.42 Å². The zero-order chi connectivity index (χ0) is 11.8. The highest BCUT2D eigenvalue weighted by Gasteiger charge is 2.35. The van der Waals surface area contributed by atoms with Gasteiger partial charge in [0.2, 0.25) is 0 Å². The van der Waals surface area contributed by atoms with Crippen LogP contribution in [0.5, 0.6) is 0 Å². The summed E-state index contributed by atoms with van der Waals surface area (Å²) in [5, 5.41) is 2.87. The number of rotatable bonds is 1. The number of furan rings is 1. The van der Waals surface area contributed by atoms with Crippen LogP contribution in [-0.4, -0.2) is 25.5 Å². The second kappa shape index (κ2) is 4.22. The van der Waals surface area contributed by atoms with Crippen molar-refractivity contribution in [1.29, 1.82) is 0 Å². The summed E-state index contributed by atoms with van der Waals surface area (Å²) in [4.78, 5) is 0. The molecule has 1 N–H and O–H groups in total. The van der Waals surface area contributed by atoms with Gasteiger partial charge in [0.1, 0.15) is 5.76 Å². The van der Waals surface area contributed by atoms with Gasteiger partial charge in [-0.05, 0) is 32.4 Å². The summed E-state index contributed by atoms with van der Waals surface area (Å²) < 4.78 is 29.3. The lowest BCUT2D eigenvalue weighted by Crippen LogP contribution is -2.35. The van der Waals surface area contributed by atoms with Crippen molar-refractivity contribution in [2.24, 2.45) is 0 Å². The fourth-order valence-electron chi connectivity index (χ4n) is 2.04. The predicted molar refractivity (Wildman–Crippen MR) is 61.9 cm³/mol. The predicted octanol–water partition coefficient (Wildman–Crippen LogP) is 1.51. The molecule has 4 nitrogen and oxygen atoms in total. The standard InChI is InChI=1S/C11H17NO3S/c1-8-5-7-16(13,14)9(2)11(12-8)10-4-3-6-15-10/h3-4,6,8-9,11-12H,5,7H2,1-2H3. The lowest BCUT2D eigenvalue weighted by atomic mass is 10.1. The number of hydrogen-bond donors (Lipinski definition) is 1. The number of hydrogen-bond acceptors (Lipinski definition) is 4. The Morgan fingerprint density at radius 1 is 1.44 bits per heavy atom. The van der Waals surface area contributed by atoms with E-state index >= 15 is 0 Å².